The number of rotatable bonds is 3. The van der Waals surface area contributed by atoms with E-state index in [-0.39, 0.29) is 28.7 Å². The number of imidazole rings is 1. The maximum Gasteiger partial charge on any atom is 0.274 e. The minimum atomic E-state index is -1.08. The second kappa shape index (κ2) is 9.46. The van der Waals surface area contributed by atoms with E-state index >= 15 is 0 Å². The fourth-order valence-corrected chi connectivity index (χ4v) is 6.30. The molecule has 0 bridgehead atoms. The summed E-state index contributed by atoms with van der Waals surface area (Å²) in [5.74, 6) is 5.89. The second-order valence-corrected chi connectivity index (χ2v) is 11.3. The molecule has 2 saturated carbocycles. The lowest BCUT2D eigenvalue weighted by Gasteiger charge is -2.33. The maximum absolute atomic E-state index is 13.5. The van der Waals surface area contributed by atoms with Crippen LogP contribution < -0.4 is 5.32 Å². The van der Waals surface area contributed by atoms with Crippen molar-refractivity contribution in [2.45, 2.75) is 55.6 Å². The van der Waals surface area contributed by atoms with Gasteiger partial charge in [-0.3, -0.25) is 4.79 Å². The number of hydrogen-bond donors (Lipinski definition) is 3. The van der Waals surface area contributed by atoms with E-state index in [1.54, 1.807) is 17.9 Å². The highest BCUT2D eigenvalue weighted by Crippen LogP contribution is 2.54. The molecular formula is C27H32ClFN4O3. The molecule has 3 N–H and O–H groups in total. The Morgan fingerprint density at radius 1 is 1.14 bits per heavy atom. The smallest absolute Gasteiger partial charge is 0.274 e. The van der Waals surface area contributed by atoms with Crippen molar-refractivity contribution in [2.24, 2.45) is 18.9 Å². The number of carbonyl (C=O) groups is 1. The molecule has 7 nitrogen and oxygen atoms in total. The van der Waals surface area contributed by atoms with E-state index in [1.165, 1.54) is 18.2 Å². The number of fused-ring (bicyclic) bond motifs is 1. The Morgan fingerprint density at radius 2 is 1.78 bits per heavy atom. The highest BCUT2D eigenvalue weighted by molar-refractivity contribution is 6.31. The number of carbonyl (C=O) groups excluding carboxylic acids is 1. The molecule has 0 radical (unpaired) electrons. The van der Waals surface area contributed by atoms with Gasteiger partial charge in [0.2, 0.25) is 0 Å². The van der Waals surface area contributed by atoms with Crippen LogP contribution in [-0.4, -0.2) is 61.9 Å². The lowest BCUT2D eigenvalue weighted by atomic mass is 9.89. The van der Waals surface area contributed by atoms with Gasteiger partial charge >= 0.3 is 0 Å². The predicted molar refractivity (Wildman–Crippen MR) is 135 cm³/mol. The zero-order valence-corrected chi connectivity index (χ0v) is 21.4. The number of nitrogens with zero attached hydrogens (tertiary/aromatic N) is 3. The van der Waals surface area contributed by atoms with Crippen LogP contribution >= 0.6 is 11.6 Å². The number of hydrogen-bond acceptors (Lipinski definition) is 5. The van der Waals surface area contributed by atoms with Crippen molar-refractivity contribution in [1.29, 1.82) is 0 Å². The van der Waals surface area contributed by atoms with Gasteiger partial charge in [-0.15, -0.1) is 0 Å². The third kappa shape index (κ3) is 5.03. The fourth-order valence-electron chi connectivity index (χ4n) is 6.12. The van der Waals surface area contributed by atoms with Gasteiger partial charge in [-0.2, -0.15) is 0 Å². The molecule has 1 aromatic heterocycles. The normalized spacial score (nSPS) is 29.4. The molecule has 2 atom stereocenters. The number of aliphatic hydroxyl groups is 2. The summed E-state index contributed by atoms with van der Waals surface area (Å²) < 4.78 is 15.2. The second-order valence-electron chi connectivity index (χ2n) is 10.9. The van der Waals surface area contributed by atoms with Gasteiger partial charge in [0.15, 0.2) is 0 Å². The molecule has 1 saturated heterocycles. The number of halogens is 2. The molecule has 2 aromatic rings. The Hall–Kier alpha value is -2.44. The molecule has 3 aliphatic rings. The number of nitrogens with one attached hydrogen (secondary N) is 1. The van der Waals surface area contributed by atoms with Gasteiger partial charge in [0.25, 0.3) is 5.91 Å². The van der Waals surface area contributed by atoms with Crippen LogP contribution in [0.3, 0.4) is 0 Å². The lowest BCUT2D eigenvalue weighted by molar-refractivity contribution is 0.0333. The number of aryl methyl sites for hydroxylation is 1. The third-order valence-electron chi connectivity index (χ3n) is 8.13. The predicted octanol–water partition coefficient (Wildman–Crippen LogP) is 3.56. The van der Waals surface area contributed by atoms with Crippen molar-refractivity contribution >= 4 is 23.2 Å². The molecule has 9 heteroatoms. The first-order valence-electron chi connectivity index (χ1n) is 12.5. The maximum atomic E-state index is 13.5. The fraction of sp³-hybridized carbons (Fsp3) is 0.556. The summed E-state index contributed by atoms with van der Waals surface area (Å²) >= 11 is 5.86. The van der Waals surface area contributed by atoms with Crippen LogP contribution in [0.25, 0.3) is 0 Å². The molecular weight excluding hydrogens is 483 g/mol. The van der Waals surface area contributed by atoms with Gasteiger partial charge < -0.3 is 25.0 Å². The van der Waals surface area contributed by atoms with Gasteiger partial charge in [0, 0.05) is 44.6 Å². The molecule has 2 heterocycles. The van der Waals surface area contributed by atoms with Crippen molar-refractivity contribution in [2.75, 3.05) is 25.5 Å². The van der Waals surface area contributed by atoms with Crippen LogP contribution in [0.15, 0.2) is 24.5 Å². The van der Waals surface area contributed by atoms with Gasteiger partial charge in [-0.25, -0.2) is 9.37 Å². The zero-order chi connectivity index (χ0) is 25.7. The highest BCUT2D eigenvalue weighted by Gasteiger charge is 2.49. The van der Waals surface area contributed by atoms with E-state index in [0.29, 0.717) is 37.1 Å². The SMILES string of the molecule is CN1CCC(O)(C#CC2(O)CC3CC(c4ncn(C)c4C(=O)Nc4ccc(F)c(Cl)c4)CC3C2)CC1. The van der Waals surface area contributed by atoms with Crippen molar-refractivity contribution in [3.8, 4) is 11.8 Å². The summed E-state index contributed by atoms with van der Waals surface area (Å²) in [7, 11) is 3.81. The third-order valence-corrected chi connectivity index (χ3v) is 8.42. The monoisotopic (exact) mass is 514 g/mol. The Bertz CT molecular complexity index is 1210. The summed E-state index contributed by atoms with van der Waals surface area (Å²) in [6, 6.07) is 4.07. The Morgan fingerprint density at radius 3 is 2.42 bits per heavy atom. The first-order chi connectivity index (χ1) is 17.0. The van der Waals surface area contributed by atoms with Crippen LogP contribution in [-0.2, 0) is 7.05 Å². The standard InChI is InChI=1S/C27H32ClFN4O3/c1-32-9-7-26(35,8-10-32)5-6-27(36)14-18-11-17(12-19(18)15-27)23-24(33(2)16-30-23)25(34)31-20-3-4-22(29)21(28)13-20/h3-4,13,16-19,35-36H,7-12,14-15H2,1-2H3,(H,31,34). The molecule has 36 heavy (non-hydrogen) atoms. The molecule has 1 aliphatic heterocycles. The Balaban J connectivity index is 1.26. The van der Waals surface area contributed by atoms with E-state index in [0.717, 1.165) is 31.6 Å². The van der Waals surface area contributed by atoms with Crippen molar-refractivity contribution in [3.63, 3.8) is 0 Å². The molecule has 1 aromatic carbocycles. The summed E-state index contributed by atoms with van der Waals surface area (Å²) in [6.07, 6.45) is 5.61. The highest BCUT2D eigenvalue weighted by atomic mass is 35.5. The van der Waals surface area contributed by atoms with Crippen molar-refractivity contribution in [1.82, 2.24) is 14.5 Å². The van der Waals surface area contributed by atoms with E-state index in [9.17, 15) is 19.4 Å². The van der Waals surface area contributed by atoms with Gasteiger partial charge in [0.1, 0.15) is 22.7 Å². The minimum Gasteiger partial charge on any atom is -0.378 e. The van der Waals surface area contributed by atoms with Crippen LogP contribution in [0.5, 0.6) is 0 Å². The average Bonchev–Trinajstić information content (AvgIpc) is 3.48. The molecule has 0 spiro atoms. The van der Waals surface area contributed by atoms with Crippen LogP contribution in [0, 0.1) is 29.5 Å². The summed E-state index contributed by atoms with van der Waals surface area (Å²) in [5, 5.41) is 24.7. The largest absolute Gasteiger partial charge is 0.378 e. The molecule has 2 aliphatic carbocycles. The van der Waals surface area contributed by atoms with E-state index in [4.69, 9.17) is 11.6 Å². The summed E-state index contributed by atoms with van der Waals surface area (Å²) in [4.78, 5) is 19.8. The van der Waals surface area contributed by atoms with Crippen LogP contribution in [0.4, 0.5) is 10.1 Å². The number of anilines is 1. The molecule has 5 rings (SSSR count). The van der Waals surface area contributed by atoms with Crippen LogP contribution in [0.2, 0.25) is 5.02 Å². The topological polar surface area (TPSA) is 90.6 Å². The van der Waals surface area contributed by atoms with Crippen molar-refractivity contribution < 1.29 is 19.4 Å². The van der Waals surface area contributed by atoms with Gasteiger partial charge in [-0.1, -0.05) is 23.4 Å². The first kappa shape index (κ1) is 25.2. The zero-order valence-electron chi connectivity index (χ0n) is 20.6. The molecule has 3 fully saturated rings. The number of piperidine rings is 1. The summed E-state index contributed by atoms with van der Waals surface area (Å²) in [6.45, 7) is 1.59. The van der Waals surface area contributed by atoms with Gasteiger partial charge in [-0.05, 0) is 62.8 Å². The van der Waals surface area contributed by atoms with E-state index < -0.39 is 17.0 Å². The number of aromatic nitrogens is 2. The van der Waals surface area contributed by atoms with Gasteiger partial charge in [0.05, 0.1) is 17.0 Å². The molecule has 2 unspecified atom stereocenters. The number of benzene rings is 1. The summed E-state index contributed by atoms with van der Waals surface area (Å²) in [5.41, 5.74) is -0.469. The molecule has 192 valence electrons. The quantitative estimate of drug-likeness (QED) is 0.545. The number of likely N-dealkylation sites (tertiary alicyclic amines) is 1. The Kier molecular flexibility index (Phi) is 6.63. The average molecular weight is 515 g/mol. The minimum absolute atomic E-state index is 0.0554. The molecule has 1 amide bonds. The first-order valence-corrected chi connectivity index (χ1v) is 12.9. The van der Waals surface area contributed by atoms with E-state index in [1.807, 2.05) is 7.05 Å². The number of amides is 1. The van der Waals surface area contributed by atoms with E-state index in [2.05, 4.69) is 27.0 Å². The lowest BCUT2D eigenvalue weighted by Crippen LogP contribution is -2.42. The van der Waals surface area contributed by atoms with Crippen molar-refractivity contribution in [3.05, 3.63) is 46.8 Å². The Labute approximate surface area is 215 Å². The van der Waals surface area contributed by atoms with Crippen LogP contribution in [0.1, 0.15) is 60.6 Å².